The van der Waals surface area contributed by atoms with Crippen molar-refractivity contribution < 1.29 is 24.3 Å². The van der Waals surface area contributed by atoms with Gasteiger partial charge in [0.1, 0.15) is 6.29 Å². The monoisotopic (exact) mass is 672 g/mol. The van der Waals surface area contributed by atoms with Gasteiger partial charge in [-0.05, 0) is 97.3 Å². The van der Waals surface area contributed by atoms with Crippen LogP contribution in [0.15, 0.2) is 134 Å². The second-order valence-corrected chi connectivity index (χ2v) is 8.83. The van der Waals surface area contributed by atoms with Gasteiger partial charge in [-0.1, -0.05) is 39.1 Å². The maximum Gasteiger partial charge on any atom is 0.120 e. The van der Waals surface area contributed by atoms with E-state index in [1.54, 1.807) is 37.2 Å². The van der Waals surface area contributed by atoms with Crippen molar-refractivity contribution in [3.05, 3.63) is 145 Å². The van der Waals surface area contributed by atoms with Crippen LogP contribution in [0.4, 0.5) is 0 Å². The Bertz CT molecular complexity index is 1460. The van der Waals surface area contributed by atoms with Crippen molar-refractivity contribution in [1.82, 2.24) is 29.9 Å². The summed E-state index contributed by atoms with van der Waals surface area (Å²) < 4.78 is 0. The van der Waals surface area contributed by atoms with E-state index in [0.29, 0.717) is 6.42 Å². The minimum absolute atomic E-state index is 0. The quantitative estimate of drug-likeness (QED) is 0.130. The number of aldehydes is 1. The molecule has 0 aliphatic heterocycles. The third kappa shape index (κ3) is 12.2. The van der Waals surface area contributed by atoms with E-state index in [1.807, 2.05) is 104 Å². The molecule has 0 aliphatic carbocycles. The molecule has 0 unspecified atom stereocenters. The molecule has 0 spiro atoms. The van der Waals surface area contributed by atoms with Gasteiger partial charge in [0.2, 0.25) is 0 Å². The summed E-state index contributed by atoms with van der Waals surface area (Å²) in [4.78, 5) is 35.7. The fourth-order valence-electron chi connectivity index (χ4n) is 3.73. The number of hydrogen-bond acceptors (Lipinski definition) is 7. The summed E-state index contributed by atoms with van der Waals surface area (Å²) in [6.45, 7) is 2.03. The van der Waals surface area contributed by atoms with Crippen LogP contribution in [0.3, 0.4) is 0 Å². The summed E-state index contributed by atoms with van der Waals surface area (Å²) in [5.74, 6) is 0. The van der Waals surface area contributed by atoms with Crippen molar-refractivity contribution in [3.63, 3.8) is 0 Å². The minimum Gasteiger partial charge on any atom is -0.303 e. The van der Waals surface area contributed by atoms with Gasteiger partial charge in [0.25, 0.3) is 0 Å². The first kappa shape index (κ1) is 37.2. The molecule has 226 valence electrons. The molecule has 8 heteroatoms. The Balaban J connectivity index is 0.000000325. The first-order valence-corrected chi connectivity index (χ1v) is 13.2. The molecule has 0 aliphatic rings. The molecule has 0 atom stereocenters. The minimum atomic E-state index is 0. The van der Waals surface area contributed by atoms with E-state index in [4.69, 9.17) is 0 Å². The van der Waals surface area contributed by atoms with Crippen LogP contribution < -0.4 is 0 Å². The van der Waals surface area contributed by atoms with Gasteiger partial charge in [0.05, 0.1) is 34.2 Å². The summed E-state index contributed by atoms with van der Waals surface area (Å²) in [5, 5.41) is 0. The van der Waals surface area contributed by atoms with Crippen LogP contribution in [0.5, 0.6) is 0 Å². The van der Waals surface area contributed by atoms with Crippen molar-refractivity contribution in [2.45, 2.75) is 34.6 Å². The number of carbonyl (C=O) groups is 1. The molecule has 6 heterocycles. The molecular formula is C36H38N6ORu. The molecule has 0 bridgehead atoms. The SMILES string of the molecule is C.C.Cc1ccnc(-c2cc(CCC=O)ccn2)c1.[Ru].c1ccc(-c2ccccn2)nc1.c1ccc(-c2ccccn2)nc1. The first-order valence-electron chi connectivity index (χ1n) is 13.2. The Hall–Kier alpha value is -4.81. The van der Waals surface area contributed by atoms with Gasteiger partial charge >= 0.3 is 0 Å². The van der Waals surface area contributed by atoms with E-state index >= 15 is 0 Å². The van der Waals surface area contributed by atoms with Crippen molar-refractivity contribution in [3.8, 4) is 34.2 Å². The average Bonchev–Trinajstić information content (AvgIpc) is 3.06. The number of nitrogens with zero attached hydrogens (tertiary/aromatic N) is 6. The van der Waals surface area contributed by atoms with Gasteiger partial charge in [-0.15, -0.1) is 0 Å². The van der Waals surface area contributed by atoms with Crippen molar-refractivity contribution in [2.24, 2.45) is 0 Å². The zero-order valence-electron chi connectivity index (χ0n) is 23.1. The molecule has 0 saturated carbocycles. The van der Waals surface area contributed by atoms with E-state index in [2.05, 4.69) is 29.9 Å². The summed E-state index contributed by atoms with van der Waals surface area (Å²) >= 11 is 0. The smallest absolute Gasteiger partial charge is 0.120 e. The Labute approximate surface area is 273 Å². The maximum atomic E-state index is 10.3. The molecule has 6 aromatic rings. The van der Waals surface area contributed by atoms with E-state index in [9.17, 15) is 4.79 Å². The molecule has 0 amide bonds. The van der Waals surface area contributed by atoms with Crippen LogP contribution in [0, 0.1) is 6.92 Å². The Morgan fingerprint density at radius 2 is 0.886 bits per heavy atom. The number of hydrogen-bond donors (Lipinski definition) is 0. The fraction of sp³-hybridized carbons (Fsp3) is 0.139. The molecule has 0 aromatic carbocycles. The zero-order chi connectivity index (χ0) is 28.5. The van der Waals surface area contributed by atoms with Gasteiger partial charge in [0.15, 0.2) is 0 Å². The Kier molecular flexibility index (Phi) is 17.7. The van der Waals surface area contributed by atoms with E-state index in [1.165, 1.54) is 0 Å². The standard InChI is InChI=1S/C14H14N2O.2C10H8N2.2CH4.Ru/c1-11-4-6-15-13(9-11)14-10-12(3-2-8-17)5-7-16-14;2*1-3-7-11-9(5-1)10-6-2-4-8-12-10;;;/h4-10H,2-3H2,1H3;2*1-8H;2*1H4;. The summed E-state index contributed by atoms with van der Waals surface area (Å²) in [6, 6.07) is 31.1. The van der Waals surface area contributed by atoms with Crippen LogP contribution in [-0.2, 0) is 30.7 Å². The van der Waals surface area contributed by atoms with Crippen molar-refractivity contribution in [1.29, 1.82) is 0 Å². The number of rotatable bonds is 6. The average molecular weight is 672 g/mol. The molecule has 6 rings (SSSR count). The molecule has 0 N–H and O–H groups in total. The molecule has 0 radical (unpaired) electrons. The first-order chi connectivity index (χ1) is 20.2. The van der Waals surface area contributed by atoms with Crippen LogP contribution in [-0.4, -0.2) is 36.2 Å². The van der Waals surface area contributed by atoms with Crippen LogP contribution in [0.1, 0.15) is 32.4 Å². The largest absolute Gasteiger partial charge is 0.303 e. The third-order valence-electron chi connectivity index (χ3n) is 5.74. The van der Waals surface area contributed by atoms with Crippen molar-refractivity contribution in [2.75, 3.05) is 0 Å². The van der Waals surface area contributed by atoms with Gasteiger partial charge in [-0.3, -0.25) is 29.9 Å². The number of aromatic nitrogens is 6. The number of carbonyl (C=O) groups excluding carboxylic acids is 1. The molecule has 44 heavy (non-hydrogen) atoms. The molecular weight excluding hydrogens is 634 g/mol. The summed E-state index contributed by atoms with van der Waals surface area (Å²) in [7, 11) is 0. The summed E-state index contributed by atoms with van der Waals surface area (Å²) in [5.41, 5.74) is 7.67. The second-order valence-electron chi connectivity index (χ2n) is 8.83. The van der Waals surface area contributed by atoms with Gasteiger partial charge in [0, 0.05) is 63.1 Å². The molecule has 6 aromatic heterocycles. The van der Waals surface area contributed by atoms with Gasteiger partial charge in [-0.25, -0.2) is 0 Å². The summed E-state index contributed by atoms with van der Waals surface area (Å²) in [6.07, 6.45) is 12.9. The Morgan fingerprint density at radius 1 is 0.500 bits per heavy atom. The molecule has 0 fully saturated rings. The van der Waals surface area contributed by atoms with E-state index in [-0.39, 0.29) is 34.3 Å². The number of aryl methyl sites for hydroxylation is 2. The molecule has 7 nitrogen and oxygen atoms in total. The normalized spacial score (nSPS) is 9.20. The van der Waals surface area contributed by atoms with Crippen LogP contribution in [0.2, 0.25) is 0 Å². The van der Waals surface area contributed by atoms with Crippen molar-refractivity contribution >= 4 is 6.29 Å². The third-order valence-corrected chi connectivity index (χ3v) is 5.74. The topological polar surface area (TPSA) is 94.4 Å². The van der Waals surface area contributed by atoms with Crippen LogP contribution in [0.25, 0.3) is 34.2 Å². The van der Waals surface area contributed by atoms with E-state index < -0.39 is 0 Å². The van der Waals surface area contributed by atoms with E-state index in [0.717, 1.165) is 58.0 Å². The van der Waals surface area contributed by atoms with Gasteiger partial charge < -0.3 is 4.79 Å². The predicted octanol–water partition coefficient (Wildman–Crippen LogP) is 8.14. The second kappa shape index (κ2) is 21.0. The van der Waals surface area contributed by atoms with Crippen LogP contribution >= 0.6 is 0 Å². The van der Waals surface area contributed by atoms with Gasteiger partial charge in [-0.2, -0.15) is 0 Å². The predicted molar refractivity (Wildman–Crippen MR) is 175 cm³/mol. The number of pyridine rings is 6. The Morgan fingerprint density at radius 3 is 1.25 bits per heavy atom. The molecule has 0 saturated heterocycles. The maximum absolute atomic E-state index is 10.3. The zero-order valence-corrected chi connectivity index (χ0v) is 24.9. The fourth-order valence-corrected chi connectivity index (χ4v) is 3.73.